The van der Waals surface area contributed by atoms with Crippen LogP contribution < -0.4 is 5.32 Å². The molecule has 0 radical (unpaired) electrons. The maximum Gasteiger partial charge on any atom is 0.134 e. The molecule has 19 heavy (non-hydrogen) atoms. The van der Waals surface area contributed by atoms with E-state index in [-0.39, 0.29) is 0 Å². The van der Waals surface area contributed by atoms with Crippen LogP contribution in [0.15, 0.2) is 34.7 Å². The Bertz CT molecular complexity index is 492. The van der Waals surface area contributed by atoms with E-state index in [1.165, 1.54) is 37.5 Å². The summed E-state index contributed by atoms with van der Waals surface area (Å²) < 4.78 is 6.08. The van der Waals surface area contributed by atoms with Gasteiger partial charge in [0, 0.05) is 5.39 Å². The van der Waals surface area contributed by atoms with Gasteiger partial charge in [0.2, 0.25) is 0 Å². The molecule has 1 aromatic heterocycles. The van der Waals surface area contributed by atoms with Crippen LogP contribution in [0, 0.1) is 5.92 Å². The quantitative estimate of drug-likeness (QED) is 0.842. The van der Waals surface area contributed by atoms with E-state index in [9.17, 15) is 0 Å². The van der Waals surface area contributed by atoms with E-state index < -0.39 is 0 Å². The molecule has 3 rings (SSSR count). The second-order valence-electron chi connectivity index (χ2n) is 5.66. The third kappa shape index (κ3) is 2.69. The van der Waals surface area contributed by atoms with Gasteiger partial charge in [0.05, 0.1) is 6.04 Å². The summed E-state index contributed by atoms with van der Waals surface area (Å²) in [6.45, 7) is 3.29. The first kappa shape index (κ1) is 12.7. The molecule has 1 fully saturated rings. The van der Waals surface area contributed by atoms with Gasteiger partial charge in [0.1, 0.15) is 11.3 Å². The smallest absolute Gasteiger partial charge is 0.134 e. The molecule has 0 bridgehead atoms. The highest BCUT2D eigenvalue weighted by atomic mass is 16.3. The lowest BCUT2D eigenvalue weighted by Gasteiger charge is -2.22. The number of hydrogen-bond acceptors (Lipinski definition) is 2. The lowest BCUT2D eigenvalue weighted by atomic mass is 9.95. The fourth-order valence-electron chi connectivity index (χ4n) is 3.25. The standard InChI is InChI=1S/C17H23NO/c1-2-11-18-17(13-7-3-4-8-13)16-12-14-9-5-6-10-15(14)19-16/h5-6,9-10,12-13,17-18H,2-4,7-8,11H2,1H3. The van der Waals surface area contributed by atoms with Crippen LogP contribution in [-0.4, -0.2) is 6.54 Å². The van der Waals surface area contributed by atoms with Gasteiger partial charge in [-0.25, -0.2) is 0 Å². The van der Waals surface area contributed by atoms with E-state index in [1.807, 2.05) is 6.07 Å². The minimum atomic E-state index is 0.398. The Morgan fingerprint density at radius 2 is 2.05 bits per heavy atom. The average Bonchev–Trinajstić information content (AvgIpc) is 3.08. The molecule has 1 aliphatic rings. The fraction of sp³-hybridized carbons (Fsp3) is 0.529. The van der Waals surface area contributed by atoms with Crippen molar-refractivity contribution in [1.82, 2.24) is 5.32 Å². The molecule has 2 nitrogen and oxygen atoms in total. The number of fused-ring (bicyclic) bond motifs is 1. The maximum atomic E-state index is 6.08. The predicted molar refractivity (Wildman–Crippen MR) is 79.2 cm³/mol. The molecule has 2 aromatic rings. The Morgan fingerprint density at radius 3 is 2.79 bits per heavy atom. The number of furan rings is 1. The summed E-state index contributed by atoms with van der Waals surface area (Å²) in [5.41, 5.74) is 1.01. The van der Waals surface area contributed by atoms with E-state index in [4.69, 9.17) is 4.42 Å². The predicted octanol–water partition coefficient (Wildman–Crippen LogP) is 4.66. The van der Waals surface area contributed by atoms with Crippen LogP contribution in [-0.2, 0) is 0 Å². The lowest BCUT2D eigenvalue weighted by molar-refractivity contribution is 0.320. The molecule has 0 aliphatic heterocycles. The van der Waals surface area contributed by atoms with Crippen LogP contribution in [0.1, 0.15) is 50.8 Å². The van der Waals surface area contributed by atoms with Gasteiger partial charge in [-0.3, -0.25) is 0 Å². The lowest BCUT2D eigenvalue weighted by Crippen LogP contribution is -2.27. The highest BCUT2D eigenvalue weighted by Crippen LogP contribution is 2.37. The van der Waals surface area contributed by atoms with Crippen molar-refractivity contribution in [3.05, 3.63) is 36.1 Å². The third-order valence-electron chi connectivity index (χ3n) is 4.24. The zero-order valence-corrected chi connectivity index (χ0v) is 11.7. The maximum absolute atomic E-state index is 6.08. The van der Waals surface area contributed by atoms with Crippen molar-refractivity contribution in [2.45, 2.75) is 45.1 Å². The molecule has 1 atom stereocenters. The van der Waals surface area contributed by atoms with Crippen LogP contribution in [0.2, 0.25) is 0 Å². The van der Waals surface area contributed by atoms with Crippen molar-refractivity contribution >= 4 is 11.0 Å². The summed E-state index contributed by atoms with van der Waals surface area (Å²) >= 11 is 0. The van der Waals surface area contributed by atoms with Crippen molar-refractivity contribution in [3.63, 3.8) is 0 Å². The first-order valence-corrected chi connectivity index (χ1v) is 7.60. The summed E-state index contributed by atoms with van der Waals surface area (Å²) in [6, 6.07) is 10.9. The summed E-state index contributed by atoms with van der Waals surface area (Å²) in [4.78, 5) is 0. The zero-order valence-electron chi connectivity index (χ0n) is 11.7. The van der Waals surface area contributed by atoms with Crippen LogP contribution in [0.4, 0.5) is 0 Å². The monoisotopic (exact) mass is 257 g/mol. The Hall–Kier alpha value is -1.28. The molecular formula is C17H23NO. The summed E-state index contributed by atoms with van der Waals surface area (Å²) in [7, 11) is 0. The topological polar surface area (TPSA) is 25.2 Å². The number of para-hydroxylation sites is 1. The van der Waals surface area contributed by atoms with E-state index in [0.717, 1.165) is 23.8 Å². The Kier molecular flexibility index (Phi) is 3.88. The van der Waals surface area contributed by atoms with Crippen molar-refractivity contribution in [1.29, 1.82) is 0 Å². The molecule has 102 valence electrons. The van der Waals surface area contributed by atoms with Crippen LogP contribution >= 0.6 is 0 Å². The van der Waals surface area contributed by atoms with Gasteiger partial charge < -0.3 is 9.73 Å². The minimum absolute atomic E-state index is 0.398. The molecule has 0 saturated heterocycles. The van der Waals surface area contributed by atoms with Gasteiger partial charge in [-0.05, 0) is 43.9 Å². The fourth-order valence-corrected chi connectivity index (χ4v) is 3.25. The normalized spacial score (nSPS) is 18.2. The number of rotatable bonds is 5. The van der Waals surface area contributed by atoms with Gasteiger partial charge in [0.25, 0.3) is 0 Å². The van der Waals surface area contributed by atoms with E-state index in [2.05, 4.69) is 36.5 Å². The first-order chi connectivity index (χ1) is 9.38. The molecule has 1 N–H and O–H groups in total. The second-order valence-corrected chi connectivity index (χ2v) is 5.66. The molecule has 1 aliphatic carbocycles. The largest absolute Gasteiger partial charge is 0.459 e. The van der Waals surface area contributed by atoms with Gasteiger partial charge in [-0.1, -0.05) is 38.0 Å². The average molecular weight is 257 g/mol. The molecule has 0 spiro atoms. The third-order valence-corrected chi connectivity index (χ3v) is 4.24. The minimum Gasteiger partial charge on any atom is -0.459 e. The van der Waals surface area contributed by atoms with Crippen LogP contribution in [0.3, 0.4) is 0 Å². The van der Waals surface area contributed by atoms with Crippen molar-refractivity contribution in [3.8, 4) is 0 Å². The molecule has 1 heterocycles. The Morgan fingerprint density at radius 1 is 1.26 bits per heavy atom. The zero-order chi connectivity index (χ0) is 13.1. The SMILES string of the molecule is CCCNC(c1cc2ccccc2o1)C1CCCC1. The molecule has 0 amide bonds. The molecule has 1 aromatic carbocycles. The number of hydrogen-bond donors (Lipinski definition) is 1. The summed E-state index contributed by atoms with van der Waals surface area (Å²) in [5.74, 6) is 1.87. The molecule has 2 heteroatoms. The highest BCUT2D eigenvalue weighted by Gasteiger charge is 2.28. The highest BCUT2D eigenvalue weighted by molar-refractivity contribution is 5.77. The van der Waals surface area contributed by atoms with E-state index >= 15 is 0 Å². The summed E-state index contributed by atoms with van der Waals surface area (Å²) in [6.07, 6.45) is 6.57. The van der Waals surface area contributed by atoms with E-state index in [0.29, 0.717) is 6.04 Å². The molecule has 1 unspecified atom stereocenters. The van der Waals surface area contributed by atoms with Crippen molar-refractivity contribution < 1.29 is 4.42 Å². The van der Waals surface area contributed by atoms with Gasteiger partial charge in [-0.2, -0.15) is 0 Å². The van der Waals surface area contributed by atoms with Gasteiger partial charge in [0.15, 0.2) is 0 Å². The van der Waals surface area contributed by atoms with Crippen molar-refractivity contribution in [2.75, 3.05) is 6.54 Å². The Balaban J connectivity index is 1.88. The summed E-state index contributed by atoms with van der Waals surface area (Å²) in [5, 5.41) is 4.92. The molecular weight excluding hydrogens is 234 g/mol. The molecule has 1 saturated carbocycles. The van der Waals surface area contributed by atoms with Crippen molar-refractivity contribution in [2.24, 2.45) is 5.92 Å². The van der Waals surface area contributed by atoms with Crippen LogP contribution in [0.25, 0.3) is 11.0 Å². The first-order valence-electron chi connectivity index (χ1n) is 7.60. The number of nitrogens with one attached hydrogen (secondary N) is 1. The number of benzene rings is 1. The van der Waals surface area contributed by atoms with Crippen LogP contribution in [0.5, 0.6) is 0 Å². The van der Waals surface area contributed by atoms with E-state index in [1.54, 1.807) is 0 Å². The van der Waals surface area contributed by atoms with Gasteiger partial charge in [-0.15, -0.1) is 0 Å². The Labute approximate surface area is 115 Å². The van der Waals surface area contributed by atoms with Gasteiger partial charge >= 0.3 is 0 Å². The second kappa shape index (κ2) is 5.79.